The zero-order valence-corrected chi connectivity index (χ0v) is 14.0. The fourth-order valence-corrected chi connectivity index (χ4v) is 3.89. The summed E-state index contributed by atoms with van der Waals surface area (Å²) < 4.78 is 53.4. The first-order valence-corrected chi connectivity index (χ1v) is 8.84. The zero-order valence-electron chi connectivity index (χ0n) is 13.2. The van der Waals surface area contributed by atoms with Crippen LogP contribution in [0.3, 0.4) is 0 Å². The molecule has 2 rings (SSSR count). The van der Waals surface area contributed by atoms with Crippen molar-refractivity contribution in [1.29, 1.82) is 0 Å². The molecule has 0 aromatic heterocycles. The molecule has 0 aliphatic carbocycles. The molecule has 1 aliphatic heterocycles. The predicted octanol–water partition coefficient (Wildman–Crippen LogP) is 1.93. The highest BCUT2D eigenvalue weighted by Gasteiger charge is 2.33. The van der Waals surface area contributed by atoms with Gasteiger partial charge in [0.25, 0.3) is 0 Å². The molecule has 0 saturated carbocycles. The van der Waals surface area contributed by atoms with E-state index in [1.165, 1.54) is 11.0 Å². The Labute approximate surface area is 139 Å². The number of allylic oxidation sites excluding steroid dienone is 3. The number of amides is 1. The molecular weight excluding hydrogens is 338 g/mol. The Morgan fingerprint density at radius 3 is 2.21 bits per heavy atom. The standard InChI is InChI=1S/C16H18F2N2O3S/c1-2-3-4-8-15(21)19-9-11-20(12-10-19)24(22,23)16-13(17)6-5-7-14(16)18/h2-8H,9-12H2,1H3/b3-2+,8-4+. The zero-order chi connectivity index (χ0) is 17.7. The summed E-state index contributed by atoms with van der Waals surface area (Å²) in [6.07, 6.45) is 6.47. The molecule has 1 aliphatic rings. The molecule has 5 nitrogen and oxygen atoms in total. The number of piperazine rings is 1. The van der Waals surface area contributed by atoms with E-state index in [0.717, 1.165) is 22.5 Å². The van der Waals surface area contributed by atoms with Crippen LogP contribution >= 0.6 is 0 Å². The lowest BCUT2D eigenvalue weighted by Crippen LogP contribution is -2.50. The van der Waals surface area contributed by atoms with Crippen molar-refractivity contribution >= 4 is 15.9 Å². The van der Waals surface area contributed by atoms with Gasteiger partial charge >= 0.3 is 0 Å². The average Bonchev–Trinajstić information content (AvgIpc) is 2.54. The summed E-state index contributed by atoms with van der Waals surface area (Å²) in [5.41, 5.74) is 0. The molecule has 1 heterocycles. The van der Waals surface area contributed by atoms with Crippen LogP contribution in [0.5, 0.6) is 0 Å². The summed E-state index contributed by atoms with van der Waals surface area (Å²) in [5.74, 6) is -2.48. The SMILES string of the molecule is C/C=C/C=C/C(=O)N1CCN(S(=O)(=O)c2c(F)cccc2F)CC1. The van der Waals surface area contributed by atoms with Gasteiger partial charge in [0.1, 0.15) is 11.6 Å². The Morgan fingerprint density at radius 1 is 1.08 bits per heavy atom. The molecular formula is C16H18F2N2O3S. The van der Waals surface area contributed by atoms with Crippen molar-refractivity contribution < 1.29 is 22.0 Å². The van der Waals surface area contributed by atoms with E-state index in [1.54, 1.807) is 18.2 Å². The highest BCUT2D eigenvalue weighted by Crippen LogP contribution is 2.23. The fraction of sp³-hybridized carbons (Fsp3) is 0.312. The number of carbonyl (C=O) groups excluding carboxylic acids is 1. The Kier molecular flexibility index (Phi) is 5.84. The molecule has 0 atom stereocenters. The van der Waals surface area contributed by atoms with E-state index < -0.39 is 26.6 Å². The fourth-order valence-electron chi connectivity index (χ4n) is 2.36. The summed E-state index contributed by atoms with van der Waals surface area (Å²) in [6, 6.07) is 2.92. The number of carbonyl (C=O) groups is 1. The van der Waals surface area contributed by atoms with Crippen molar-refractivity contribution in [2.45, 2.75) is 11.8 Å². The number of hydrogen-bond donors (Lipinski definition) is 0. The smallest absolute Gasteiger partial charge is 0.249 e. The lowest BCUT2D eigenvalue weighted by atomic mass is 10.3. The first kappa shape index (κ1) is 18.3. The molecule has 0 spiro atoms. The molecule has 0 radical (unpaired) electrons. The molecule has 1 aromatic carbocycles. The molecule has 0 N–H and O–H groups in total. The maximum atomic E-state index is 13.8. The van der Waals surface area contributed by atoms with Gasteiger partial charge in [0.05, 0.1) is 0 Å². The second-order valence-corrected chi connectivity index (χ2v) is 7.04. The average molecular weight is 356 g/mol. The third-order valence-electron chi connectivity index (χ3n) is 3.61. The van der Waals surface area contributed by atoms with Crippen LogP contribution in [0.4, 0.5) is 8.78 Å². The summed E-state index contributed by atoms with van der Waals surface area (Å²) in [6.45, 7) is 2.11. The second kappa shape index (κ2) is 7.67. The maximum Gasteiger partial charge on any atom is 0.249 e. The number of sulfonamides is 1. The van der Waals surface area contributed by atoms with Gasteiger partial charge < -0.3 is 4.90 Å². The van der Waals surface area contributed by atoms with Crippen LogP contribution in [-0.2, 0) is 14.8 Å². The maximum absolute atomic E-state index is 13.8. The predicted molar refractivity (Wildman–Crippen MR) is 85.7 cm³/mol. The molecule has 130 valence electrons. The molecule has 1 amide bonds. The van der Waals surface area contributed by atoms with Crippen LogP contribution in [0.25, 0.3) is 0 Å². The summed E-state index contributed by atoms with van der Waals surface area (Å²) in [4.78, 5) is 12.5. The number of nitrogens with zero attached hydrogens (tertiary/aromatic N) is 2. The van der Waals surface area contributed by atoms with E-state index in [0.29, 0.717) is 0 Å². The molecule has 0 bridgehead atoms. The largest absolute Gasteiger partial charge is 0.337 e. The van der Waals surface area contributed by atoms with Crippen molar-refractivity contribution in [3.8, 4) is 0 Å². The van der Waals surface area contributed by atoms with Crippen molar-refractivity contribution in [1.82, 2.24) is 9.21 Å². The van der Waals surface area contributed by atoms with Gasteiger partial charge in [-0.2, -0.15) is 4.31 Å². The summed E-state index contributed by atoms with van der Waals surface area (Å²) in [5, 5.41) is 0. The van der Waals surface area contributed by atoms with Crippen LogP contribution < -0.4 is 0 Å². The van der Waals surface area contributed by atoms with E-state index in [-0.39, 0.29) is 32.1 Å². The lowest BCUT2D eigenvalue weighted by molar-refractivity contribution is -0.127. The topological polar surface area (TPSA) is 57.7 Å². The van der Waals surface area contributed by atoms with Gasteiger partial charge in [-0.1, -0.05) is 24.3 Å². The minimum absolute atomic E-state index is 0.0146. The minimum Gasteiger partial charge on any atom is -0.337 e. The van der Waals surface area contributed by atoms with Crippen LogP contribution in [-0.4, -0.2) is 49.7 Å². The van der Waals surface area contributed by atoms with Crippen molar-refractivity contribution in [2.24, 2.45) is 0 Å². The second-order valence-electron chi connectivity index (χ2n) is 5.17. The monoisotopic (exact) mass is 356 g/mol. The Bertz CT molecular complexity index is 747. The Hall–Kier alpha value is -2.06. The minimum atomic E-state index is -4.28. The third-order valence-corrected chi connectivity index (χ3v) is 5.56. The van der Waals surface area contributed by atoms with E-state index in [2.05, 4.69) is 0 Å². The molecule has 1 fully saturated rings. The molecule has 8 heteroatoms. The molecule has 1 aromatic rings. The summed E-state index contributed by atoms with van der Waals surface area (Å²) >= 11 is 0. The van der Waals surface area contributed by atoms with E-state index in [1.807, 2.05) is 6.92 Å². The summed E-state index contributed by atoms with van der Waals surface area (Å²) in [7, 11) is -4.28. The molecule has 0 unspecified atom stereocenters. The highest BCUT2D eigenvalue weighted by atomic mass is 32.2. The van der Waals surface area contributed by atoms with Crippen molar-refractivity contribution in [3.05, 3.63) is 54.1 Å². The van der Waals surface area contributed by atoms with Gasteiger partial charge in [-0.05, 0) is 19.1 Å². The molecule has 1 saturated heterocycles. The van der Waals surface area contributed by atoms with Gasteiger partial charge in [-0.15, -0.1) is 0 Å². The van der Waals surface area contributed by atoms with Gasteiger partial charge in [0.15, 0.2) is 4.90 Å². The van der Waals surface area contributed by atoms with Crippen LogP contribution in [0.2, 0.25) is 0 Å². The quantitative estimate of drug-likeness (QED) is 0.612. The number of benzene rings is 1. The number of halogens is 2. The van der Waals surface area contributed by atoms with Gasteiger partial charge in [0.2, 0.25) is 15.9 Å². The lowest BCUT2D eigenvalue weighted by Gasteiger charge is -2.33. The Balaban J connectivity index is 2.10. The van der Waals surface area contributed by atoms with E-state index in [9.17, 15) is 22.0 Å². The van der Waals surface area contributed by atoms with Gasteiger partial charge in [0, 0.05) is 32.3 Å². The van der Waals surface area contributed by atoms with E-state index >= 15 is 0 Å². The van der Waals surface area contributed by atoms with E-state index in [4.69, 9.17) is 0 Å². The number of hydrogen-bond acceptors (Lipinski definition) is 3. The molecule has 24 heavy (non-hydrogen) atoms. The van der Waals surface area contributed by atoms with Crippen LogP contribution in [0.15, 0.2) is 47.4 Å². The third kappa shape index (κ3) is 3.88. The Morgan fingerprint density at radius 2 is 1.67 bits per heavy atom. The van der Waals surface area contributed by atoms with Crippen molar-refractivity contribution in [3.63, 3.8) is 0 Å². The highest BCUT2D eigenvalue weighted by molar-refractivity contribution is 7.89. The normalized spacial score (nSPS) is 17.0. The van der Waals surface area contributed by atoms with Gasteiger partial charge in [-0.25, -0.2) is 17.2 Å². The van der Waals surface area contributed by atoms with Crippen LogP contribution in [0.1, 0.15) is 6.92 Å². The first-order chi connectivity index (χ1) is 11.4. The first-order valence-electron chi connectivity index (χ1n) is 7.40. The van der Waals surface area contributed by atoms with Crippen molar-refractivity contribution in [2.75, 3.05) is 26.2 Å². The van der Waals surface area contributed by atoms with Crippen LogP contribution in [0, 0.1) is 11.6 Å². The number of rotatable bonds is 4. The van der Waals surface area contributed by atoms with Gasteiger partial charge in [-0.3, -0.25) is 4.79 Å².